The van der Waals surface area contributed by atoms with Gasteiger partial charge in [-0.15, -0.1) is 0 Å². The molecule has 0 fully saturated rings. The fourth-order valence-electron chi connectivity index (χ4n) is 2.38. The zero-order valence-electron chi connectivity index (χ0n) is 13.6. The SMILES string of the molecule is Bc1cc(OCCO)c(-n2nnn(C)c2=O)cc1C(C)(C)C. The number of ether oxygens (including phenoxy) is 1. The summed E-state index contributed by atoms with van der Waals surface area (Å²) in [6.45, 7) is 6.36. The maximum atomic E-state index is 12.1. The first-order chi connectivity index (χ1) is 10.3. The van der Waals surface area contributed by atoms with Crippen LogP contribution in [-0.4, -0.2) is 46.0 Å². The predicted octanol–water partition coefficient (Wildman–Crippen LogP) is -1.11. The first kappa shape index (κ1) is 16.3. The Morgan fingerprint density at radius 1 is 1.32 bits per heavy atom. The second kappa shape index (κ2) is 5.96. The van der Waals surface area contributed by atoms with Gasteiger partial charge >= 0.3 is 5.69 Å². The number of rotatable bonds is 4. The molecule has 0 spiro atoms. The summed E-state index contributed by atoms with van der Waals surface area (Å²) < 4.78 is 7.94. The molecule has 0 radical (unpaired) electrons. The maximum Gasteiger partial charge on any atom is 0.368 e. The van der Waals surface area contributed by atoms with Crippen LogP contribution in [0.3, 0.4) is 0 Å². The molecule has 1 N–H and O–H groups in total. The number of aliphatic hydroxyl groups is 1. The van der Waals surface area contributed by atoms with Gasteiger partial charge in [0.05, 0.1) is 6.61 Å². The molecule has 0 aliphatic carbocycles. The topological polar surface area (TPSA) is 82.2 Å². The molecule has 0 aliphatic heterocycles. The van der Waals surface area contributed by atoms with Crippen molar-refractivity contribution in [3.8, 4) is 11.4 Å². The molecule has 1 aromatic heterocycles. The lowest BCUT2D eigenvalue weighted by Gasteiger charge is -2.24. The van der Waals surface area contributed by atoms with Gasteiger partial charge in [-0.2, -0.15) is 9.36 Å². The van der Waals surface area contributed by atoms with Crippen molar-refractivity contribution < 1.29 is 9.84 Å². The van der Waals surface area contributed by atoms with E-state index in [2.05, 4.69) is 31.2 Å². The maximum absolute atomic E-state index is 12.1. The van der Waals surface area contributed by atoms with Crippen molar-refractivity contribution in [1.82, 2.24) is 19.8 Å². The predicted molar refractivity (Wildman–Crippen MR) is 86.1 cm³/mol. The normalized spacial score (nSPS) is 11.7. The number of benzene rings is 1. The third-order valence-electron chi connectivity index (χ3n) is 3.41. The van der Waals surface area contributed by atoms with Crippen molar-refractivity contribution in [2.45, 2.75) is 26.2 Å². The van der Waals surface area contributed by atoms with E-state index in [0.717, 1.165) is 15.7 Å². The van der Waals surface area contributed by atoms with E-state index in [1.807, 2.05) is 20.0 Å². The van der Waals surface area contributed by atoms with E-state index in [1.165, 1.54) is 4.68 Å². The lowest BCUT2D eigenvalue weighted by atomic mass is 9.77. The van der Waals surface area contributed by atoms with Crippen molar-refractivity contribution in [2.75, 3.05) is 13.2 Å². The highest BCUT2D eigenvalue weighted by atomic mass is 16.5. The van der Waals surface area contributed by atoms with E-state index in [0.29, 0.717) is 11.4 Å². The summed E-state index contributed by atoms with van der Waals surface area (Å²) in [7, 11) is 3.54. The molecular formula is C14H21BN4O3. The molecule has 0 amide bonds. The highest BCUT2D eigenvalue weighted by molar-refractivity contribution is 6.33. The molecule has 0 bridgehead atoms. The Kier molecular flexibility index (Phi) is 4.41. The van der Waals surface area contributed by atoms with Crippen LogP contribution in [0, 0.1) is 0 Å². The number of hydrogen-bond acceptors (Lipinski definition) is 5. The zero-order valence-corrected chi connectivity index (χ0v) is 13.6. The number of aromatic nitrogens is 4. The lowest BCUT2D eigenvalue weighted by molar-refractivity contribution is 0.201. The second-order valence-corrected chi connectivity index (χ2v) is 6.25. The highest BCUT2D eigenvalue weighted by Crippen LogP contribution is 2.27. The Morgan fingerprint density at radius 3 is 2.50 bits per heavy atom. The van der Waals surface area contributed by atoms with Crippen LogP contribution >= 0.6 is 0 Å². The number of aryl methyl sites for hydroxylation is 1. The average molecular weight is 304 g/mol. The minimum atomic E-state index is -0.349. The van der Waals surface area contributed by atoms with Gasteiger partial charge in [0, 0.05) is 7.05 Å². The summed E-state index contributed by atoms with van der Waals surface area (Å²) in [5.41, 5.74) is 2.25. The van der Waals surface area contributed by atoms with Crippen LogP contribution in [0.2, 0.25) is 0 Å². The van der Waals surface area contributed by atoms with Crippen molar-refractivity contribution in [3.05, 3.63) is 28.2 Å². The molecular weight excluding hydrogens is 283 g/mol. The Hall–Kier alpha value is -2.09. The van der Waals surface area contributed by atoms with Gasteiger partial charge in [0.2, 0.25) is 0 Å². The van der Waals surface area contributed by atoms with Crippen LogP contribution < -0.4 is 15.9 Å². The van der Waals surface area contributed by atoms with Crippen molar-refractivity contribution in [1.29, 1.82) is 0 Å². The molecule has 0 aliphatic rings. The van der Waals surface area contributed by atoms with Crippen molar-refractivity contribution >= 4 is 13.3 Å². The molecule has 0 atom stereocenters. The van der Waals surface area contributed by atoms with E-state index in [-0.39, 0.29) is 24.3 Å². The summed E-state index contributed by atoms with van der Waals surface area (Å²) in [4.78, 5) is 12.1. The van der Waals surface area contributed by atoms with Crippen LogP contribution in [0.4, 0.5) is 0 Å². The van der Waals surface area contributed by atoms with Gasteiger partial charge in [-0.25, -0.2) is 4.79 Å². The van der Waals surface area contributed by atoms with Crippen LogP contribution in [0.1, 0.15) is 26.3 Å². The number of nitrogens with zero attached hydrogens (tertiary/aromatic N) is 4. The molecule has 1 heterocycles. The smallest absolute Gasteiger partial charge is 0.368 e. The fraction of sp³-hybridized carbons (Fsp3) is 0.500. The van der Waals surface area contributed by atoms with E-state index in [9.17, 15) is 4.79 Å². The third kappa shape index (κ3) is 3.06. The molecule has 7 nitrogen and oxygen atoms in total. The summed E-state index contributed by atoms with van der Waals surface area (Å²) in [6, 6.07) is 3.77. The molecule has 0 saturated carbocycles. The van der Waals surface area contributed by atoms with Crippen LogP contribution in [0.15, 0.2) is 16.9 Å². The molecule has 0 saturated heterocycles. The minimum Gasteiger partial charge on any atom is -0.489 e. The van der Waals surface area contributed by atoms with Gasteiger partial charge in [0.25, 0.3) is 0 Å². The summed E-state index contributed by atoms with van der Waals surface area (Å²) in [5.74, 6) is 0.502. The van der Waals surface area contributed by atoms with E-state index in [4.69, 9.17) is 9.84 Å². The number of aliphatic hydroxyl groups excluding tert-OH is 1. The highest BCUT2D eigenvalue weighted by Gasteiger charge is 2.21. The number of hydrogen-bond donors (Lipinski definition) is 1. The first-order valence-electron chi connectivity index (χ1n) is 7.14. The molecule has 22 heavy (non-hydrogen) atoms. The van der Waals surface area contributed by atoms with Gasteiger partial charge in [-0.3, -0.25) is 0 Å². The van der Waals surface area contributed by atoms with E-state index in [1.54, 1.807) is 7.05 Å². The van der Waals surface area contributed by atoms with Crippen LogP contribution in [-0.2, 0) is 12.5 Å². The average Bonchev–Trinajstić information content (AvgIpc) is 2.75. The van der Waals surface area contributed by atoms with Gasteiger partial charge in [-0.1, -0.05) is 26.2 Å². The van der Waals surface area contributed by atoms with Gasteiger partial charge in [-0.05, 0) is 33.5 Å². The molecule has 2 rings (SSSR count). The monoisotopic (exact) mass is 304 g/mol. The van der Waals surface area contributed by atoms with Gasteiger partial charge in [0.1, 0.15) is 25.9 Å². The van der Waals surface area contributed by atoms with Gasteiger partial charge in [0.15, 0.2) is 0 Å². The Labute approximate surface area is 129 Å². The number of tetrazole rings is 1. The van der Waals surface area contributed by atoms with Crippen LogP contribution in [0.5, 0.6) is 5.75 Å². The summed E-state index contributed by atoms with van der Waals surface area (Å²) in [6.07, 6.45) is 0. The Morgan fingerprint density at radius 2 is 2.00 bits per heavy atom. The van der Waals surface area contributed by atoms with E-state index < -0.39 is 0 Å². The summed E-state index contributed by atoms with van der Waals surface area (Å²) >= 11 is 0. The van der Waals surface area contributed by atoms with Crippen molar-refractivity contribution in [3.63, 3.8) is 0 Å². The molecule has 2 aromatic rings. The largest absolute Gasteiger partial charge is 0.489 e. The van der Waals surface area contributed by atoms with Gasteiger partial charge < -0.3 is 9.84 Å². The van der Waals surface area contributed by atoms with E-state index >= 15 is 0 Å². The quantitative estimate of drug-likeness (QED) is 0.725. The summed E-state index contributed by atoms with van der Waals surface area (Å²) in [5, 5.41) is 16.6. The molecule has 8 heteroatoms. The molecule has 118 valence electrons. The lowest BCUT2D eigenvalue weighted by Crippen LogP contribution is -2.27. The second-order valence-electron chi connectivity index (χ2n) is 6.25. The van der Waals surface area contributed by atoms with Crippen molar-refractivity contribution in [2.24, 2.45) is 7.05 Å². The standard InChI is InChI=1S/C14H21BN4O3/c1-14(2,3)9-7-11(19-13(21)18(4)16-17-19)12(8-10(9)15)22-6-5-20/h7-8,20H,5-6,15H2,1-4H3. The van der Waals surface area contributed by atoms with Crippen LogP contribution in [0.25, 0.3) is 5.69 Å². The minimum absolute atomic E-state index is 0.0832. The Balaban J connectivity index is 2.67. The fourth-order valence-corrected chi connectivity index (χ4v) is 2.38. The molecule has 1 aromatic carbocycles. The third-order valence-corrected chi connectivity index (χ3v) is 3.41. The molecule has 0 unspecified atom stereocenters. The Bertz CT molecular complexity index is 731. The first-order valence-corrected chi connectivity index (χ1v) is 7.14. The zero-order chi connectivity index (χ0) is 16.5.